The van der Waals surface area contributed by atoms with Gasteiger partial charge in [-0.2, -0.15) is 4.31 Å². The highest BCUT2D eigenvalue weighted by molar-refractivity contribution is 7.89. The van der Waals surface area contributed by atoms with E-state index in [1.165, 1.54) is 15.6 Å². The highest BCUT2D eigenvalue weighted by Crippen LogP contribution is 2.46. The number of aliphatic hydroxyl groups excluding tert-OH is 1. The molecule has 1 amide bonds. The number of carbonyl (C=O) groups excluding carboxylic acids is 1. The Balaban J connectivity index is 1.17. The van der Waals surface area contributed by atoms with Gasteiger partial charge in [-0.05, 0) is 81.3 Å². The summed E-state index contributed by atoms with van der Waals surface area (Å²) >= 11 is 1.35. The van der Waals surface area contributed by atoms with Gasteiger partial charge in [0.05, 0.1) is 46.6 Å². The molecule has 0 radical (unpaired) electrons. The van der Waals surface area contributed by atoms with E-state index in [2.05, 4.69) is 15.6 Å². The number of β-amino-alcohol motifs (C(OH)–C–C–N with tert-alkyl or cyclic N) is 1. The van der Waals surface area contributed by atoms with Gasteiger partial charge >= 0.3 is 6.09 Å². The first-order valence-electron chi connectivity index (χ1n) is 18.6. The Bertz CT molecular complexity index is 1850. The second-order valence-electron chi connectivity index (χ2n) is 15.0. The molecule has 7 atom stereocenters. The number of benzene rings is 2. The summed E-state index contributed by atoms with van der Waals surface area (Å²) in [5.41, 5.74) is 1.27. The van der Waals surface area contributed by atoms with Gasteiger partial charge in [-0.3, -0.25) is 0 Å². The van der Waals surface area contributed by atoms with Crippen molar-refractivity contribution in [3.63, 3.8) is 0 Å². The summed E-state index contributed by atoms with van der Waals surface area (Å²) in [6, 6.07) is 5.29. The monoisotopic (exact) mass is 778 g/mol. The summed E-state index contributed by atoms with van der Waals surface area (Å²) in [6.07, 6.45) is 1.74. The van der Waals surface area contributed by atoms with Crippen molar-refractivity contribution >= 4 is 42.8 Å². The summed E-state index contributed by atoms with van der Waals surface area (Å²) < 4.78 is 83.5. The first-order chi connectivity index (χ1) is 25.4. The lowest BCUT2D eigenvalue weighted by molar-refractivity contribution is -0.153. The van der Waals surface area contributed by atoms with Crippen LogP contribution >= 0.6 is 11.3 Å². The molecule has 290 valence electrons. The minimum atomic E-state index is -4.25. The molecular weight excluding hydrogens is 731 g/mol. The van der Waals surface area contributed by atoms with Gasteiger partial charge in [0.15, 0.2) is 11.4 Å². The maximum Gasteiger partial charge on any atom is 0.407 e. The van der Waals surface area contributed by atoms with Crippen LogP contribution in [-0.2, 0) is 42.0 Å². The third-order valence-corrected chi connectivity index (χ3v) is 13.4. The average Bonchev–Trinajstić information content (AvgIpc) is 3.62. The number of rotatable bonds is 9. The second-order valence-corrected chi connectivity index (χ2v) is 17.9. The number of nitrogens with zero attached hydrogens (tertiary/aromatic N) is 2. The van der Waals surface area contributed by atoms with Gasteiger partial charge in [-0.25, -0.2) is 27.0 Å². The van der Waals surface area contributed by atoms with Gasteiger partial charge in [0, 0.05) is 43.6 Å². The molecule has 4 heterocycles. The van der Waals surface area contributed by atoms with Crippen LogP contribution in [0, 0.1) is 23.5 Å². The average molecular weight is 779 g/mol. The van der Waals surface area contributed by atoms with E-state index in [9.17, 15) is 27.1 Å². The molecule has 3 aromatic rings. The fourth-order valence-corrected chi connectivity index (χ4v) is 10.8. The SMILES string of the molecule is CC(C)Nc1nc2cc3c(cc2s1)S(=O)(=O)N(C[C@@H](O)[C@H](Cc1cc(F)cc(F)c1)NC(=O)O[C@H]1C2CO[C@H]4OC1CC4C2)CCCCCCCOC3. The van der Waals surface area contributed by atoms with E-state index in [4.69, 9.17) is 18.9 Å². The predicted molar refractivity (Wildman–Crippen MR) is 194 cm³/mol. The summed E-state index contributed by atoms with van der Waals surface area (Å²) in [5.74, 6) is -1.42. The molecular formula is C37H48F2N4O8S2. The Morgan fingerprint density at radius 2 is 1.85 bits per heavy atom. The van der Waals surface area contributed by atoms with Crippen LogP contribution in [-0.4, -0.2) is 91.9 Å². The molecule has 0 spiro atoms. The van der Waals surface area contributed by atoms with Gasteiger partial charge in [0.25, 0.3) is 0 Å². The third-order valence-electron chi connectivity index (χ3n) is 10.5. The van der Waals surface area contributed by atoms with E-state index >= 15 is 0 Å². The minimum Gasteiger partial charge on any atom is -0.443 e. The number of thiazole rings is 1. The van der Waals surface area contributed by atoms with E-state index < -0.39 is 52.5 Å². The zero-order valence-electron chi connectivity index (χ0n) is 30.0. The van der Waals surface area contributed by atoms with Crippen LogP contribution in [0.1, 0.15) is 69.9 Å². The molecule has 3 unspecified atom stereocenters. The number of alkyl carbamates (subject to hydrolysis) is 1. The van der Waals surface area contributed by atoms with Crippen molar-refractivity contribution in [3.8, 4) is 0 Å². The smallest absolute Gasteiger partial charge is 0.407 e. The van der Waals surface area contributed by atoms with Crippen molar-refractivity contribution < 1.29 is 46.0 Å². The Kier molecular flexibility index (Phi) is 11.8. The van der Waals surface area contributed by atoms with Crippen molar-refractivity contribution in [1.29, 1.82) is 0 Å². The largest absolute Gasteiger partial charge is 0.443 e. The summed E-state index contributed by atoms with van der Waals surface area (Å²) in [4.78, 5) is 18.2. The number of amides is 1. The zero-order valence-corrected chi connectivity index (χ0v) is 31.6. The molecule has 16 heteroatoms. The lowest BCUT2D eigenvalue weighted by Crippen LogP contribution is -2.52. The lowest BCUT2D eigenvalue weighted by Gasteiger charge is -2.37. The van der Waals surface area contributed by atoms with Gasteiger partial charge in [0.1, 0.15) is 17.7 Å². The van der Waals surface area contributed by atoms with E-state index in [-0.39, 0.29) is 60.3 Å². The molecule has 2 saturated heterocycles. The molecule has 3 N–H and O–H groups in total. The van der Waals surface area contributed by atoms with E-state index in [1.807, 2.05) is 13.8 Å². The minimum absolute atomic E-state index is 0.0492. The highest BCUT2D eigenvalue weighted by Gasteiger charge is 2.53. The number of aliphatic hydroxyl groups is 1. The van der Waals surface area contributed by atoms with Gasteiger partial charge in [-0.15, -0.1) is 0 Å². The maximum atomic E-state index is 14.7. The van der Waals surface area contributed by atoms with Crippen molar-refractivity contribution in [3.05, 3.63) is 53.1 Å². The predicted octanol–water partition coefficient (Wildman–Crippen LogP) is 5.71. The van der Waals surface area contributed by atoms with Gasteiger partial charge in [0.2, 0.25) is 10.0 Å². The summed E-state index contributed by atoms with van der Waals surface area (Å²) in [5, 5.41) is 18.5. The number of sulfonamides is 1. The van der Waals surface area contributed by atoms with Crippen LogP contribution in [0.3, 0.4) is 0 Å². The second kappa shape index (κ2) is 16.4. The van der Waals surface area contributed by atoms with Crippen LogP contribution in [0.4, 0.5) is 18.7 Å². The normalized spacial score (nSPS) is 27.3. The first-order valence-corrected chi connectivity index (χ1v) is 20.8. The number of anilines is 1. The van der Waals surface area contributed by atoms with Crippen molar-refractivity contribution in [2.75, 3.05) is 31.6 Å². The molecule has 1 saturated carbocycles. The maximum absolute atomic E-state index is 14.7. The van der Waals surface area contributed by atoms with E-state index in [0.29, 0.717) is 47.0 Å². The molecule has 7 rings (SSSR count). The van der Waals surface area contributed by atoms with Crippen LogP contribution in [0.2, 0.25) is 0 Å². The lowest BCUT2D eigenvalue weighted by atomic mass is 9.78. The Labute approximate surface area is 312 Å². The Hall–Kier alpha value is -2.99. The molecule has 2 aromatic carbocycles. The number of fused-ring (bicyclic) bond motifs is 4. The topological polar surface area (TPSA) is 149 Å². The number of ether oxygens (including phenoxy) is 4. The van der Waals surface area contributed by atoms with Crippen molar-refractivity contribution in [2.45, 2.75) is 113 Å². The number of hydrogen-bond donors (Lipinski definition) is 3. The van der Waals surface area contributed by atoms with Crippen LogP contribution < -0.4 is 10.6 Å². The summed E-state index contributed by atoms with van der Waals surface area (Å²) in [6.45, 7) is 4.64. The Morgan fingerprint density at radius 1 is 1.08 bits per heavy atom. The molecule has 3 aliphatic heterocycles. The zero-order chi connectivity index (χ0) is 37.3. The number of hydrogen-bond acceptors (Lipinski definition) is 11. The van der Waals surface area contributed by atoms with E-state index in [1.54, 1.807) is 12.1 Å². The molecule has 3 bridgehead atoms. The number of nitrogens with one attached hydrogen (secondary N) is 2. The highest BCUT2D eigenvalue weighted by atomic mass is 32.2. The molecule has 3 fully saturated rings. The van der Waals surface area contributed by atoms with Gasteiger partial charge in [-0.1, -0.05) is 30.6 Å². The number of aromatic nitrogens is 1. The molecule has 1 aliphatic carbocycles. The Morgan fingerprint density at radius 3 is 2.64 bits per heavy atom. The van der Waals surface area contributed by atoms with Crippen molar-refractivity contribution in [1.82, 2.24) is 14.6 Å². The van der Waals surface area contributed by atoms with Crippen LogP contribution in [0.15, 0.2) is 35.2 Å². The van der Waals surface area contributed by atoms with Crippen LogP contribution in [0.5, 0.6) is 0 Å². The summed E-state index contributed by atoms with van der Waals surface area (Å²) in [7, 11) is -4.25. The number of carbonyl (C=O) groups is 1. The van der Waals surface area contributed by atoms with Gasteiger partial charge < -0.3 is 34.7 Å². The van der Waals surface area contributed by atoms with Crippen LogP contribution in [0.25, 0.3) is 10.2 Å². The fourth-order valence-electron chi connectivity index (χ4n) is 7.95. The number of halogens is 2. The standard InChI is InChI=1S/C37H48F2N4O8S2/c1-21(2)40-36-41-29-14-24-19-48-9-7-5-3-4-6-8-43(53(46,47)33(24)17-32(29)52-36)18-30(44)28(12-22-10-26(38)16-27(39)11-22)42-37(45)51-34-25-13-23-15-31(34)50-35(23)49-20-25/h10-11,14,16-17,21,23,25,28,30-31,34-35,44H,3-9,12-13,15,18-20H2,1-2H3,(H,40,41)(H,42,45)/t23?,25?,28-,30+,31?,34-,35-/m0/s1. The van der Waals surface area contributed by atoms with E-state index in [0.717, 1.165) is 50.3 Å². The van der Waals surface area contributed by atoms with Crippen molar-refractivity contribution in [2.24, 2.45) is 11.8 Å². The molecule has 1 aromatic heterocycles. The molecule has 53 heavy (non-hydrogen) atoms. The third kappa shape index (κ3) is 8.95. The quantitative estimate of drug-likeness (QED) is 0.247. The molecule has 4 aliphatic rings. The first kappa shape index (κ1) is 38.3. The molecule has 12 nitrogen and oxygen atoms in total. The fraction of sp³-hybridized carbons (Fsp3) is 0.622.